The molecule has 2 saturated heterocycles. The third kappa shape index (κ3) is 3.82. The van der Waals surface area contributed by atoms with Gasteiger partial charge < -0.3 is 5.32 Å². The molecule has 2 fully saturated rings. The SMILES string of the molecule is CC1(N2C(=O)c3cccc(NC(=O)c4cccc5c4C(=O)N(C4(C)CCC(=O)NC4=O)C5=O)c3C2=O)CCC(=O)NC1=O. The van der Waals surface area contributed by atoms with E-state index in [2.05, 4.69) is 16.0 Å². The minimum atomic E-state index is -1.67. The second-order valence-corrected chi connectivity index (χ2v) is 11.1. The molecule has 2 atom stereocenters. The largest absolute Gasteiger partial charge is 0.321 e. The topological polar surface area (TPSA) is 196 Å². The summed E-state index contributed by atoms with van der Waals surface area (Å²) in [5.41, 5.74) is -4.26. The average molecular weight is 586 g/mol. The maximum absolute atomic E-state index is 13.6. The molecule has 14 heteroatoms. The zero-order valence-electron chi connectivity index (χ0n) is 22.9. The summed E-state index contributed by atoms with van der Waals surface area (Å²) in [4.78, 5) is 118. The Balaban J connectivity index is 1.33. The maximum atomic E-state index is 13.6. The Bertz CT molecular complexity index is 1780. The van der Waals surface area contributed by atoms with Crippen LogP contribution in [0.15, 0.2) is 36.4 Å². The van der Waals surface area contributed by atoms with Crippen molar-refractivity contribution in [2.75, 3.05) is 5.32 Å². The number of piperidine rings is 2. The second kappa shape index (κ2) is 9.24. The molecule has 0 spiro atoms. The molecular formula is C29H23N5O9. The van der Waals surface area contributed by atoms with E-state index in [1.54, 1.807) is 0 Å². The first kappa shape index (κ1) is 27.6. The fourth-order valence-electron chi connectivity index (χ4n) is 5.97. The van der Waals surface area contributed by atoms with Crippen molar-refractivity contribution in [2.24, 2.45) is 0 Å². The number of hydrogen-bond acceptors (Lipinski definition) is 9. The van der Waals surface area contributed by atoms with Crippen LogP contribution in [0.5, 0.6) is 0 Å². The van der Waals surface area contributed by atoms with Gasteiger partial charge in [-0.1, -0.05) is 12.1 Å². The quantitative estimate of drug-likeness (QED) is 0.429. The standard InChI is InChI=1S/C29H23N5O9/c1-28(11-9-17(35)31-26(28)42)33-22(38)14-6-3-5-13(19(14)24(33)40)21(37)30-16-8-4-7-15-20(16)25(41)34(23(15)39)29(2)12-10-18(36)32-27(29)43/h3-8H,9-12H2,1-2H3,(H,30,37)(H,31,35,42)(H,32,36,43). The molecule has 2 unspecified atom stereocenters. The van der Waals surface area contributed by atoms with E-state index in [1.165, 1.54) is 50.2 Å². The number of hydrogen-bond donors (Lipinski definition) is 3. The first-order chi connectivity index (χ1) is 20.3. The van der Waals surface area contributed by atoms with Crippen LogP contribution >= 0.6 is 0 Å². The smallest absolute Gasteiger partial charge is 0.264 e. The van der Waals surface area contributed by atoms with Gasteiger partial charge in [-0.05, 0) is 51.0 Å². The Hall–Kier alpha value is -5.53. The van der Waals surface area contributed by atoms with Crippen LogP contribution in [0.1, 0.15) is 91.3 Å². The molecule has 0 aromatic heterocycles. The Kier molecular flexibility index (Phi) is 5.94. The Morgan fingerprint density at radius 1 is 0.674 bits per heavy atom. The molecule has 14 nitrogen and oxygen atoms in total. The van der Waals surface area contributed by atoms with E-state index in [0.29, 0.717) is 0 Å². The van der Waals surface area contributed by atoms with Gasteiger partial charge in [0.15, 0.2) is 0 Å². The molecule has 2 aromatic rings. The number of nitrogens with zero attached hydrogens (tertiary/aromatic N) is 2. The van der Waals surface area contributed by atoms with Gasteiger partial charge in [0.05, 0.1) is 33.5 Å². The van der Waals surface area contributed by atoms with Crippen LogP contribution in [0.25, 0.3) is 0 Å². The van der Waals surface area contributed by atoms with Crippen LogP contribution in [-0.4, -0.2) is 74.0 Å². The molecule has 2 aromatic carbocycles. The van der Waals surface area contributed by atoms with Gasteiger partial charge in [-0.15, -0.1) is 0 Å². The summed E-state index contributed by atoms with van der Waals surface area (Å²) < 4.78 is 0. The van der Waals surface area contributed by atoms with Gasteiger partial charge in [-0.3, -0.25) is 63.6 Å². The lowest BCUT2D eigenvalue weighted by Crippen LogP contribution is -2.62. The fraction of sp³-hybridized carbons (Fsp3) is 0.276. The Morgan fingerprint density at radius 3 is 1.65 bits per heavy atom. The van der Waals surface area contributed by atoms with Crippen molar-refractivity contribution in [2.45, 2.75) is 50.6 Å². The summed E-state index contributed by atoms with van der Waals surface area (Å²) in [6, 6.07) is 8.16. The summed E-state index contributed by atoms with van der Waals surface area (Å²) in [6.45, 7) is 2.74. The number of nitrogens with one attached hydrogen (secondary N) is 3. The van der Waals surface area contributed by atoms with Crippen molar-refractivity contribution < 1.29 is 43.2 Å². The third-order valence-corrected chi connectivity index (χ3v) is 8.47. The van der Waals surface area contributed by atoms with Crippen molar-refractivity contribution in [1.29, 1.82) is 0 Å². The molecule has 9 amide bonds. The number of amides is 9. The number of anilines is 1. The van der Waals surface area contributed by atoms with Crippen LogP contribution in [0, 0.1) is 0 Å². The van der Waals surface area contributed by atoms with Gasteiger partial charge in [-0.2, -0.15) is 0 Å². The highest BCUT2D eigenvalue weighted by atomic mass is 16.2. The number of benzene rings is 2. The van der Waals surface area contributed by atoms with Gasteiger partial charge in [-0.25, -0.2) is 0 Å². The van der Waals surface area contributed by atoms with Crippen molar-refractivity contribution in [3.63, 3.8) is 0 Å². The summed E-state index contributed by atoms with van der Waals surface area (Å²) >= 11 is 0. The predicted octanol–water partition coefficient (Wildman–Crippen LogP) is 0.522. The van der Waals surface area contributed by atoms with Crippen LogP contribution in [0.2, 0.25) is 0 Å². The number of rotatable bonds is 4. The average Bonchev–Trinajstić information content (AvgIpc) is 3.38. The highest BCUT2D eigenvalue weighted by Gasteiger charge is 2.55. The highest BCUT2D eigenvalue weighted by Crippen LogP contribution is 2.38. The number of fused-ring (bicyclic) bond motifs is 2. The van der Waals surface area contributed by atoms with E-state index in [9.17, 15) is 43.2 Å². The van der Waals surface area contributed by atoms with Crippen LogP contribution in [0.4, 0.5) is 5.69 Å². The van der Waals surface area contributed by atoms with Crippen molar-refractivity contribution in [1.82, 2.24) is 20.4 Å². The minimum absolute atomic E-state index is 0.0739. The molecule has 4 aliphatic rings. The Morgan fingerprint density at radius 2 is 1.14 bits per heavy atom. The molecule has 218 valence electrons. The lowest BCUT2D eigenvalue weighted by molar-refractivity contribution is -0.142. The van der Waals surface area contributed by atoms with Crippen LogP contribution in [-0.2, 0) is 19.2 Å². The molecular weight excluding hydrogens is 562 g/mol. The van der Waals surface area contributed by atoms with E-state index < -0.39 is 64.2 Å². The van der Waals surface area contributed by atoms with E-state index >= 15 is 0 Å². The molecule has 3 N–H and O–H groups in total. The van der Waals surface area contributed by atoms with Crippen molar-refractivity contribution in [3.8, 4) is 0 Å². The number of carbonyl (C=O) groups excluding carboxylic acids is 9. The first-order valence-corrected chi connectivity index (χ1v) is 13.3. The van der Waals surface area contributed by atoms with E-state index in [4.69, 9.17) is 0 Å². The zero-order valence-corrected chi connectivity index (χ0v) is 22.9. The summed E-state index contributed by atoms with van der Waals surface area (Å²) in [7, 11) is 0. The fourth-order valence-corrected chi connectivity index (χ4v) is 5.97. The molecule has 0 saturated carbocycles. The second-order valence-electron chi connectivity index (χ2n) is 11.1. The molecule has 0 bridgehead atoms. The maximum Gasteiger partial charge on any atom is 0.264 e. The van der Waals surface area contributed by atoms with Crippen LogP contribution in [0.3, 0.4) is 0 Å². The molecule has 6 rings (SSSR count). The first-order valence-electron chi connectivity index (χ1n) is 13.3. The van der Waals surface area contributed by atoms with Crippen molar-refractivity contribution >= 4 is 58.9 Å². The van der Waals surface area contributed by atoms with Crippen molar-refractivity contribution in [3.05, 3.63) is 64.2 Å². The zero-order chi connectivity index (χ0) is 31.0. The van der Waals surface area contributed by atoms with Gasteiger partial charge in [0, 0.05) is 12.8 Å². The third-order valence-electron chi connectivity index (χ3n) is 8.47. The molecule has 4 heterocycles. The summed E-state index contributed by atoms with van der Waals surface area (Å²) in [6.07, 6.45) is -0.362. The molecule has 0 radical (unpaired) electrons. The minimum Gasteiger partial charge on any atom is -0.321 e. The van der Waals surface area contributed by atoms with E-state index in [1.807, 2.05) is 0 Å². The highest BCUT2D eigenvalue weighted by molar-refractivity contribution is 6.30. The number of carbonyl (C=O) groups is 9. The Labute approximate surface area is 242 Å². The lowest BCUT2D eigenvalue weighted by atomic mass is 9.89. The lowest BCUT2D eigenvalue weighted by Gasteiger charge is -2.38. The summed E-state index contributed by atoms with van der Waals surface area (Å²) in [5.74, 6) is -6.92. The van der Waals surface area contributed by atoms with Gasteiger partial charge in [0.25, 0.3) is 41.4 Å². The van der Waals surface area contributed by atoms with Gasteiger partial charge in [0.2, 0.25) is 11.8 Å². The van der Waals surface area contributed by atoms with E-state index in [-0.39, 0.29) is 59.2 Å². The van der Waals surface area contributed by atoms with E-state index in [0.717, 1.165) is 9.80 Å². The normalized spacial score (nSPS) is 25.1. The monoisotopic (exact) mass is 585 g/mol. The predicted molar refractivity (Wildman–Crippen MR) is 143 cm³/mol. The number of imide groups is 4. The molecule has 4 aliphatic heterocycles. The molecule has 0 aliphatic carbocycles. The van der Waals surface area contributed by atoms with Gasteiger partial charge >= 0.3 is 0 Å². The van der Waals surface area contributed by atoms with Crippen LogP contribution < -0.4 is 16.0 Å². The molecule has 43 heavy (non-hydrogen) atoms. The summed E-state index contributed by atoms with van der Waals surface area (Å²) in [5, 5.41) is 6.84. The van der Waals surface area contributed by atoms with Gasteiger partial charge in [0.1, 0.15) is 11.1 Å².